The van der Waals surface area contributed by atoms with Crippen LogP contribution in [0.4, 0.5) is 0 Å². The van der Waals surface area contributed by atoms with Crippen molar-refractivity contribution in [3.63, 3.8) is 0 Å². The zero-order chi connectivity index (χ0) is 12.3. The van der Waals surface area contributed by atoms with Crippen LogP contribution in [0.3, 0.4) is 0 Å². The van der Waals surface area contributed by atoms with E-state index < -0.39 is 12.2 Å². The summed E-state index contributed by atoms with van der Waals surface area (Å²) in [6.45, 7) is 6.38. The van der Waals surface area contributed by atoms with Crippen LogP contribution < -0.4 is 0 Å². The van der Waals surface area contributed by atoms with Crippen molar-refractivity contribution >= 4 is 0 Å². The van der Waals surface area contributed by atoms with E-state index in [9.17, 15) is 10.2 Å². The van der Waals surface area contributed by atoms with Crippen molar-refractivity contribution in [2.75, 3.05) is 6.61 Å². The fourth-order valence-corrected chi connectivity index (χ4v) is 2.77. The monoisotopic (exact) mass is 404 g/mol. The summed E-state index contributed by atoms with van der Waals surface area (Å²) in [5, 5.41) is 19.7. The van der Waals surface area contributed by atoms with Crippen LogP contribution in [0.1, 0.15) is 27.2 Å². The molecule has 5 heteroatoms. The van der Waals surface area contributed by atoms with Crippen molar-refractivity contribution in [3.05, 3.63) is 0 Å². The number of aliphatic hydroxyl groups excluding tert-OH is 2. The Morgan fingerprint density at radius 3 is 2.38 bits per heavy atom. The molecule has 1 fully saturated rings. The maximum atomic E-state index is 9.91. The predicted octanol–water partition coefficient (Wildman–Crippen LogP) is 0.646. The Morgan fingerprint density at radius 2 is 1.88 bits per heavy atom. The number of ether oxygens (including phenoxy) is 2. The Morgan fingerprint density at radius 1 is 1.25 bits per heavy atom. The molecule has 1 aliphatic heterocycles. The fraction of sp³-hybridized carbons (Fsp3) is 1.00. The SMILES string of the molecule is CCC1OC(COC(C)C)[CH]([Re])C(O)C1O. The van der Waals surface area contributed by atoms with E-state index in [0.717, 1.165) is 0 Å². The molecular weight excluding hydrogens is 382 g/mol. The summed E-state index contributed by atoms with van der Waals surface area (Å²) in [4.78, 5) is 0. The van der Waals surface area contributed by atoms with Crippen LogP contribution in [-0.4, -0.2) is 47.3 Å². The summed E-state index contributed by atoms with van der Waals surface area (Å²) in [6, 6.07) is 0. The zero-order valence-corrected chi connectivity index (χ0v) is 12.7. The Balaban J connectivity index is 2.56. The van der Waals surface area contributed by atoms with Gasteiger partial charge in [0.25, 0.3) is 0 Å². The van der Waals surface area contributed by atoms with Crippen LogP contribution in [0, 0.1) is 0 Å². The van der Waals surface area contributed by atoms with Crippen molar-refractivity contribution in [1.82, 2.24) is 0 Å². The van der Waals surface area contributed by atoms with Gasteiger partial charge in [-0.1, -0.05) is 0 Å². The third kappa shape index (κ3) is 3.50. The first-order chi connectivity index (χ1) is 7.47. The van der Waals surface area contributed by atoms with Crippen molar-refractivity contribution in [1.29, 1.82) is 0 Å². The van der Waals surface area contributed by atoms with Gasteiger partial charge in [0, 0.05) is 0 Å². The van der Waals surface area contributed by atoms with Gasteiger partial charge in [0.15, 0.2) is 0 Å². The molecule has 0 aromatic heterocycles. The van der Waals surface area contributed by atoms with E-state index in [-0.39, 0.29) is 22.7 Å². The van der Waals surface area contributed by atoms with Gasteiger partial charge in [0.1, 0.15) is 0 Å². The number of hydrogen-bond acceptors (Lipinski definition) is 4. The molecule has 5 atom stereocenters. The summed E-state index contributed by atoms with van der Waals surface area (Å²) in [7, 11) is 0. The summed E-state index contributed by atoms with van der Waals surface area (Å²) in [6.07, 6.45) is -0.989. The van der Waals surface area contributed by atoms with Crippen LogP contribution in [0.25, 0.3) is 0 Å². The van der Waals surface area contributed by atoms with Crippen molar-refractivity contribution < 1.29 is 38.9 Å². The van der Waals surface area contributed by atoms with E-state index in [1.165, 1.54) is 19.2 Å². The summed E-state index contributed by atoms with van der Waals surface area (Å²) in [5.74, 6) is 0. The molecule has 0 radical (unpaired) electrons. The Hall–Kier alpha value is 0.502. The van der Waals surface area contributed by atoms with Crippen LogP contribution in [-0.2, 0) is 28.7 Å². The number of hydrogen-bond donors (Lipinski definition) is 2. The van der Waals surface area contributed by atoms with E-state index in [2.05, 4.69) is 0 Å². The van der Waals surface area contributed by atoms with Crippen molar-refractivity contribution in [2.24, 2.45) is 0 Å². The van der Waals surface area contributed by atoms with Gasteiger partial charge in [-0.05, 0) is 0 Å². The van der Waals surface area contributed by atoms with E-state index in [1.54, 1.807) is 0 Å². The van der Waals surface area contributed by atoms with Gasteiger partial charge in [-0.15, -0.1) is 0 Å². The first kappa shape index (κ1) is 14.6. The Kier molecular flexibility index (Phi) is 5.86. The van der Waals surface area contributed by atoms with Gasteiger partial charge in [0.05, 0.1) is 0 Å². The summed E-state index contributed by atoms with van der Waals surface area (Å²) >= 11 is 1.45. The minimum atomic E-state index is -0.768. The van der Waals surface area contributed by atoms with Gasteiger partial charge in [-0.3, -0.25) is 0 Å². The number of rotatable bonds is 4. The van der Waals surface area contributed by atoms with Crippen LogP contribution in [0.5, 0.6) is 0 Å². The molecule has 0 aliphatic carbocycles. The van der Waals surface area contributed by atoms with Crippen molar-refractivity contribution in [2.45, 2.75) is 62.1 Å². The van der Waals surface area contributed by atoms with E-state index in [1.807, 2.05) is 20.8 Å². The summed E-state index contributed by atoms with van der Waals surface area (Å²) < 4.78 is 11.2. The molecule has 0 bridgehead atoms. The van der Waals surface area contributed by atoms with Crippen LogP contribution in [0.15, 0.2) is 0 Å². The van der Waals surface area contributed by atoms with Gasteiger partial charge in [-0.25, -0.2) is 0 Å². The van der Waals surface area contributed by atoms with E-state index in [0.29, 0.717) is 13.0 Å². The Bertz CT molecular complexity index is 210. The molecule has 1 heterocycles. The second-order valence-electron chi connectivity index (χ2n) is 4.43. The van der Waals surface area contributed by atoms with Crippen molar-refractivity contribution in [3.8, 4) is 0 Å². The minimum absolute atomic E-state index is 0.0449. The first-order valence-corrected chi connectivity index (χ1v) is 7.31. The standard InChI is InChI=1S/C11H21O4.Re/c1-4-10-11(13)9(12)5-8(15-10)6-14-7(2)3;/h5,7-13H,4,6H2,1-3H3;. The van der Waals surface area contributed by atoms with Crippen LogP contribution >= 0.6 is 0 Å². The van der Waals surface area contributed by atoms with Gasteiger partial charge < -0.3 is 0 Å². The van der Waals surface area contributed by atoms with Gasteiger partial charge in [0.2, 0.25) is 0 Å². The first-order valence-electron chi connectivity index (χ1n) is 5.74. The predicted molar refractivity (Wildman–Crippen MR) is 55.8 cm³/mol. The number of aliphatic hydroxyl groups is 2. The molecule has 4 nitrogen and oxygen atoms in total. The molecule has 16 heavy (non-hydrogen) atoms. The fourth-order valence-electron chi connectivity index (χ4n) is 1.76. The topological polar surface area (TPSA) is 58.9 Å². The molecule has 1 saturated heterocycles. The normalized spacial score (nSPS) is 40.3. The Labute approximate surface area is 108 Å². The molecule has 0 saturated carbocycles. The van der Waals surface area contributed by atoms with E-state index in [4.69, 9.17) is 9.47 Å². The third-order valence-electron chi connectivity index (χ3n) is 2.76. The second kappa shape index (κ2) is 6.44. The summed E-state index contributed by atoms with van der Waals surface area (Å²) in [5.41, 5.74) is 0. The van der Waals surface area contributed by atoms with Crippen LogP contribution in [0.2, 0.25) is 4.39 Å². The zero-order valence-electron chi connectivity index (χ0n) is 9.97. The average Bonchev–Trinajstić information content (AvgIpc) is 2.25. The molecule has 1 aliphatic rings. The molecule has 0 amide bonds. The molecule has 0 spiro atoms. The second-order valence-corrected chi connectivity index (χ2v) is 6.24. The molecule has 0 aromatic carbocycles. The molecular formula is C11H21O4Re. The third-order valence-corrected chi connectivity index (χ3v) is 4.70. The molecule has 5 unspecified atom stereocenters. The average molecular weight is 403 g/mol. The maximum absolute atomic E-state index is 9.91. The molecule has 2 N–H and O–H groups in total. The van der Waals surface area contributed by atoms with E-state index >= 15 is 0 Å². The molecule has 1 rings (SSSR count). The van der Waals surface area contributed by atoms with Gasteiger partial charge >= 0.3 is 108 Å². The molecule has 0 aromatic rings. The molecule has 96 valence electrons. The van der Waals surface area contributed by atoms with Gasteiger partial charge in [-0.2, -0.15) is 0 Å². The quantitative estimate of drug-likeness (QED) is 0.724.